The van der Waals surface area contributed by atoms with Crippen molar-refractivity contribution >= 4 is 49.0 Å². The number of nitrogens with one attached hydrogen (secondary N) is 2. The lowest BCUT2D eigenvalue weighted by Gasteiger charge is -2.31. The van der Waals surface area contributed by atoms with E-state index < -0.39 is 14.6 Å². The van der Waals surface area contributed by atoms with E-state index in [2.05, 4.69) is 15.6 Å². The number of nitrogen functional groups attached to an aromatic ring is 1. The second-order valence-electron chi connectivity index (χ2n) is 11.5. The highest BCUT2D eigenvalue weighted by Crippen LogP contribution is 2.44. The molecule has 6 rings (SSSR count). The second kappa shape index (κ2) is 10.3. The largest absolute Gasteiger partial charge is 0.382 e. The molecule has 0 bridgehead atoms. The highest BCUT2D eigenvalue weighted by molar-refractivity contribution is 7.92. The van der Waals surface area contributed by atoms with Gasteiger partial charge in [0, 0.05) is 18.8 Å². The van der Waals surface area contributed by atoms with Crippen LogP contribution in [0, 0.1) is 18.8 Å². The number of thiazole rings is 1. The van der Waals surface area contributed by atoms with Gasteiger partial charge in [0.2, 0.25) is 5.95 Å². The molecule has 2 saturated carbocycles. The summed E-state index contributed by atoms with van der Waals surface area (Å²) in [5.41, 5.74) is 8.46. The van der Waals surface area contributed by atoms with E-state index in [1.165, 1.54) is 24.2 Å². The van der Waals surface area contributed by atoms with Crippen molar-refractivity contribution in [2.24, 2.45) is 11.8 Å². The fraction of sp³-hybridized carbons (Fsp3) is 0.448. The third-order valence-corrected chi connectivity index (χ3v) is 12.0. The molecular weight excluding hydrogens is 543 g/mol. The normalized spacial score (nSPS) is 19.7. The Labute approximate surface area is 239 Å². The Morgan fingerprint density at radius 2 is 1.82 bits per heavy atom. The Kier molecular flexibility index (Phi) is 6.90. The van der Waals surface area contributed by atoms with Gasteiger partial charge in [0.05, 0.1) is 25.6 Å². The first kappa shape index (κ1) is 26.9. The molecule has 0 aliphatic heterocycles. The van der Waals surface area contributed by atoms with Crippen molar-refractivity contribution in [3.63, 3.8) is 0 Å². The Balaban J connectivity index is 1.30. The molecule has 11 heteroatoms. The van der Waals surface area contributed by atoms with Crippen LogP contribution in [0.2, 0.25) is 0 Å². The Bertz CT molecular complexity index is 1650. The van der Waals surface area contributed by atoms with Crippen LogP contribution in [0.3, 0.4) is 0 Å². The van der Waals surface area contributed by atoms with Crippen molar-refractivity contribution in [2.45, 2.75) is 68.6 Å². The molecule has 0 unspecified atom stereocenters. The molecule has 4 aromatic rings. The summed E-state index contributed by atoms with van der Waals surface area (Å²) in [5.74, 6) is 2.40. The third kappa shape index (κ3) is 5.01. The molecule has 2 aliphatic rings. The van der Waals surface area contributed by atoms with Gasteiger partial charge in [-0.2, -0.15) is 4.98 Å². The van der Waals surface area contributed by atoms with Gasteiger partial charge in [0.15, 0.2) is 15.7 Å². The lowest BCUT2D eigenvalue weighted by Crippen LogP contribution is -2.39. The summed E-state index contributed by atoms with van der Waals surface area (Å²) in [5, 5.41) is 7.87. The summed E-state index contributed by atoms with van der Waals surface area (Å²) in [6.45, 7) is 6.56. The van der Waals surface area contributed by atoms with E-state index in [0.29, 0.717) is 33.9 Å². The van der Waals surface area contributed by atoms with Gasteiger partial charge in [-0.15, -0.1) is 11.3 Å². The number of sulfone groups is 1. The van der Waals surface area contributed by atoms with Crippen LogP contribution in [0.5, 0.6) is 0 Å². The Morgan fingerprint density at radius 3 is 2.55 bits per heavy atom. The van der Waals surface area contributed by atoms with Crippen molar-refractivity contribution in [1.29, 1.82) is 0 Å². The van der Waals surface area contributed by atoms with Gasteiger partial charge in [-0.25, -0.2) is 23.4 Å². The third-order valence-electron chi connectivity index (χ3n) is 8.39. The second-order valence-corrected chi connectivity index (χ2v) is 15.1. The quantitative estimate of drug-likeness (QED) is 0.229. The molecule has 1 aromatic carbocycles. The molecule has 2 atom stereocenters. The number of nitrogens with two attached hydrogens (primary N) is 1. The van der Waals surface area contributed by atoms with Crippen LogP contribution in [0.15, 0.2) is 47.5 Å². The van der Waals surface area contributed by atoms with Crippen LogP contribution in [0.25, 0.3) is 20.8 Å². The number of hydrogen-bond acceptors (Lipinski definition) is 10. The Hall–Kier alpha value is -3.31. The SMILES string of the molecule is Cc1nc(NCC2CC2)nc(N[C@H]2CC[C@@H](C(C)(C)S(=O)(=O)c3ccccc3)C2)c1-c1nc2c(N)nccc2s1. The van der Waals surface area contributed by atoms with E-state index in [4.69, 9.17) is 20.7 Å². The number of benzene rings is 1. The maximum atomic E-state index is 13.6. The first-order valence-electron chi connectivity index (χ1n) is 13.8. The summed E-state index contributed by atoms with van der Waals surface area (Å²) >= 11 is 1.54. The molecule has 0 saturated heterocycles. The molecule has 4 N–H and O–H groups in total. The van der Waals surface area contributed by atoms with Crippen LogP contribution < -0.4 is 16.4 Å². The van der Waals surface area contributed by atoms with Gasteiger partial charge in [0.25, 0.3) is 0 Å². The van der Waals surface area contributed by atoms with E-state index >= 15 is 0 Å². The number of anilines is 3. The minimum atomic E-state index is -3.50. The Morgan fingerprint density at radius 1 is 1.05 bits per heavy atom. The zero-order valence-electron chi connectivity index (χ0n) is 23.0. The van der Waals surface area contributed by atoms with Crippen LogP contribution >= 0.6 is 11.3 Å². The monoisotopic (exact) mass is 577 g/mol. The molecule has 2 aliphatic carbocycles. The van der Waals surface area contributed by atoms with Gasteiger partial charge >= 0.3 is 0 Å². The molecule has 2 fully saturated rings. The maximum Gasteiger partial charge on any atom is 0.224 e. The van der Waals surface area contributed by atoms with Gasteiger partial charge in [-0.05, 0) is 82.9 Å². The van der Waals surface area contributed by atoms with Crippen LogP contribution in [0.4, 0.5) is 17.6 Å². The minimum absolute atomic E-state index is 0.00220. The van der Waals surface area contributed by atoms with Gasteiger partial charge in [-0.3, -0.25) is 0 Å². The topological polar surface area (TPSA) is 136 Å². The average molecular weight is 578 g/mol. The van der Waals surface area contributed by atoms with E-state index in [9.17, 15) is 8.42 Å². The van der Waals surface area contributed by atoms with Crippen LogP contribution in [-0.4, -0.2) is 45.7 Å². The van der Waals surface area contributed by atoms with E-state index in [-0.39, 0.29) is 12.0 Å². The van der Waals surface area contributed by atoms with Gasteiger partial charge < -0.3 is 16.4 Å². The number of fused-ring (bicyclic) bond motifs is 1. The predicted molar refractivity (Wildman–Crippen MR) is 161 cm³/mol. The van der Waals surface area contributed by atoms with Crippen LogP contribution in [-0.2, 0) is 9.84 Å². The van der Waals surface area contributed by atoms with Crippen LogP contribution in [0.1, 0.15) is 51.6 Å². The zero-order valence-corrected chi connectivity index (χ0v) is 24.6. The summed E-state index contributed by atoms with van der Waals surface area (Å²) in [4.78, 5) is 19.1. The summed E-state index contributed by atoms with van der Waals surface area (Å²) in [7, 11) is -3.50. The lowest BCUT2D eigenvalue weighted by atomic mass is 9.93. The molecule has 9 nitrogen and oxygen atoms in total. The number of hydrogen-bond donors (Lipinski definition) is 3. The minimum Gasteiger partial charge on any atom is -0.382 e. The molecule has 0 spiro atoms. The van der Waals surface area contributed by atoms with Crippen molar-refractivity contribution in [2.75, 3.05) is 22.9 Å². The molecule has 210 valence electrons. The molecule has 0 radical (unpaired) electrons. The summed E-state index contributed by atoms with van der Waals surface area (Å²) in [6, 6.07) is 10.8. The standard InChI is InChI=1S/C29H35N7O2S2/c1-17-23(27-35-24-22(39-27)13-14-31-25(24)30)26(36-28(33-17)32-16-18-9-10-18)34-20-12-11-19(15-20)29(2,3)40(37,38)21-7-5-4-6-8-21/h4-8,13-14,18-20H,9-12,15-16H2,1-3H3,(H2,30,31)(H2,32,33,34,36)/t19-,20+/m1/s1. The predicted octanol–water partition coefficient (Wildman–Crippen LogP) is 5.69. The summed E-state index contributed by atoms with van der Waals surface area (Å²) < 4.78 is 27.3. The van der Waals surface area contributed by atoms with E-state index in [1.807, 2.05) is 32.9 Å². The number of aryl methyl sites for hydroxylation is 1. The smallest absolute Gasteiger partial charge is 0.224 e. The number of nitrogens with zero attached hydrogens (tertiary/aromatic N) is 4. The average Bonchev–Trinajstić information content (AvgIpc) is 3.46. The number of rotatable bonds is 9. The lowest BCUT2D eigenvalue weighted by molar-refractivity contribution is 0.402. The molecule has 3 aromatic heterocycles. The van der Waals surface area contributed by atoms with Crippen molar-refractivity contribution in [3.05, 3.63) is 48.3 Å². The van der Waals surface area contributed by atoms with Crippen molar-refractivity contribution in [3.8, 4) is 10.6 Å². The molecule has 3 heterocycles. The molecule has 0 amide bonds. The summed E-state index contributed by atoms with van der Waals surface area (Å²) in [6.07, 6.45) is 6.55. The van der Waals surface area contributed by atoms with E-state index in [0.717, 1.165) is 46.8 Å². The van der Waals surface area contributed by atoms with E-state index in [1.54, 1.807) is 30.5 Å². The first-order valence-corrected chi connectivity index (χ1v) is 16.1. The van der Waals surface area contributed by atoms with Gasteiger partial charge in [0.1, 0.15) is 16.3 Å². The van der Waals surface area contributed by atoms with Crippen molar-refractivity contribution < 1.29 is 8.42 Å². The number of aromatic nitrogens is 4. The fourth-order valence-electron chi connectivity index (χ4n) is 5.61. The maximum absolute atomic E-state index is 13.6. The molecular formula is C29H35N7O2S2. The fourth-order valence-corrected chi connectivity index (χ4v) is 8.46. The molecule has 40 heavy (non-hydrogen) atoms. The first-order chi connectivity index (χ1) is 19.1. The number of pyridine rings is 1. The highest BCUT2D eigenvalue weighted by atomic mass is 32.2. The van der Waals surface area contributed by atoms with Crippen molar-refractivity contribution in [1.82, 2.24) is 19.9 Å². The van der Waals surface area contributed by atoms with Gasteiger partial charge in [-0.1, -0.05) is 18.2 Å². The zero-order chi connectivity index (χ0) is 28.1. The highest BCUT2D eigenvalue weighted by Gasteiger charge is 2.46.